The van der Waals surface area contributed by atoms with E-state index in [9.17, 15) is 4.79 Å². The van der Waals surface area contributed by atoms with Crippen molar-refractivity contribution in [2.75, 3.05) is 5.88 Å². The molecule has 3 nitrogen and oxygen atoms in total. The molecule has 2 rings (SSSR count). The summed E-state index contributed by atoms with van der Waals surface area (Å²) in [5.41, 5.74) is 1.13. The van der Waals surface area contributed by atoms with E-state index in [1.807, 2.05) is 13.0 Å². The lowest BCUT2D eigenvalue weighted by Crippen LogP contribution is -2.34. The molecule has 0 aromatic carbocycles. The van der Waals surface area contributed by atoms with Gasteiger partial charge in [0.15, 0.2) is 0 Å². The Bertz CT molecular complexity index is 375. The van der Waals surface area contributed by atoms with Gasteiger partial charge in [-0.1, -0.05) is 6.92 Å². The van der Waals surface area contributed by atoms with Gasteiger partial charge >= 0.3 is 0 Å². The van der Waals surface area contributed by atoms with E-state index in [1.165, 1.54) is 0 Å². The second kappa shape index (κ2) is 4.91. The summed E-state index contributed by atoms with van der Waals surface area (Å²) in [6.45, 7) is 1.83. The fourth-order valence-electron chi connectivity index (χ4n) is 2.02. The number of nitrogens with one attached hydrogen (secondary N) is 1. The van der Waals surface area contributed by atoms with Gasteiger partial charge in [-0.15, -0.1) is 11.6 Å². The van der Waals surface area contributed by atoms with E-state index in [2.05, 4.69) is 5.32 Å². The molecule has 0 bridgehead atoms. The number of amides is 1. The maximum Gasteiger partial charge on any atom is 0.224 e. The first-order valence-corrected chi connectivity index (χ1v) is 6.18. The Hall–Kier alpha value is -0.960. The van der Waals surface area contributed by atoms with Gasteiger partial charge < -0.3 is 9.73 Å². The monoisotopic (exact) mass is 241 g/mol. The fraction of sp³-hybridized carbons (Fsp3) is 0.583. The average Bonchev–Trinajstić information content (AvgIpc) is 2.77. The maximum atomic E-state index is 11.7. The van der Waals surface area contributed by atoms with Crippen LogP contribution in [0.2, 0.25) is 0 Å². The van der Waals surface area contributed by atoms with E-state index in [0.717, 1.165) is 30.6 Å². The van der Waals surface area contributed by atoms with Gasteiger partial charge in [0.05, 0.1) is 12.3 Å². The molecule has 1 aliphatic carbocycles. The first-order valence-electron chi connectivity index (χ1n) is 5.65. The quantitative estimate of drug-likeness (QED) is 0.827. The normalized spacial score (nSPS) is 21.2. The van der Waals surface area contributed by atoms with E-state index in [4.69, 9.17) is 16.0 Å². The molecule has 0 spiro atoms. The van der Waals surface area contributed by atoms with Crippen LogP contribution in [0, 0.1) is 5.92 Å². The van der Waals surface area contributed by atoms with Crippen LogP contribution in [0.25, 0.3) is 0 Å². The highest BCUT2D eigenvalue weighted by molar-refractivity contribution is 6.19. The molecule has 1 amide bonds. The van der Waals surface area contributed by atoms with E-state index < -0.39 is 0 Å². The van der Waals surface area contributed by atoms with Crippen LogP contribution in [0.15, 0.2) is 16.7 Å². The Balaban J connectivity index is 2.05. The van der Waals surface area contributed by atoms with E-state index in [0.29, 0.717) is 5.88 Å². The van der Waals surface area contributed by atoms with Gasteiger partial charge in [0.1, 0.15) is 5.76 Å². The maximum absolute atomic E-state index is 11.7. The van der Waals surface area contributed by atoms with Gasteiger partial charge in [0.2, 0.25) is 5.91 Å². The SMILES string of the molecule is CC(CCl)C(=O)NC1CCCc2occc21. The summed E-state index contributed by atoms with van der Waals surface area (Å²) in [5.74, 6) is 1.25. The van der Waals surface area contributed by atoms with Crippen molar-refractivity contribution in [2.24, 2.45) is 5.92 Å². The van der Waals surface area contributed by atoms with Crippen LogP contribution in [-0.2, 0) is 11.2 Å². The molecule has 88 valence electrons. The lowest BCUT2D eigenvalue weighted by Gasteiger charge is -2.23. The third-order valence-corrected chi connectivity index (χ3v) is 3.51. The Morgan fingerprint density at radius 1 is 1.75 bits per heavy atom. The molecular weight excluding hydrogens is 226 g/mol. The number of alkyl halides is 1. The van der Waals surface area contributed by atoms with Crippen molar-refractivity contribution in [3.8, 4) is 0 Å². The largest absolute Gasteiger partial charge is 0.469 e. The molecule has 1 aromatic heterocycles. The molecular formula is C12H16ClNO2. The summed E-state index contributed by atoms with van der Waals surface area (Å²) in [6, 6.07) is 2.05. The van der Waals surface area contributed by atoms with Gasteiger partial charge in [-0.3, -0.25) is 4.79 Å². The minimum absolute atomic E-state index is 0.0223. The number of furan rings is 1. The summed E-state index contributed by atoms with van der Waals surface area (Å²) in [5, 5.41) is 3.03. The van der Waals surface area contributed by atoms with E-state index >= 15 is 0 Å². The highest BCUT2D eigenvalue weighted by Crippen LogP contribution is 2.30. The molecule has 2 unspecified atom stereocenters. The number of carbonyl (C=O) groups excluding carboxylic acids is 1. The van der Waals surface area contributed by atoms with Crippen molar-refractivity contribution in [1.82, 2.24) is 5.32 Å². The van der Waals surface area contributed by atoms with E-state index in [-0.39, 0.29) is 17.9 Å². The van der Waals surface area contributed by atoms with Crippen LogP contribution < -0.4 is 5.32 Å². The second-order valence-corrected chi connectivity index (χ2v) is 4.62. The van der Waals surface area contributed by atoms with Crippen LogP contribution in [-0.4, -0.2) is 11.8 Å². The molecule has 1 heterocycles. The Kier molecular flexibility index (Phi) is 3.54. The van der Waals surface area contributed by atoms with Crippen molar-refractivity contribution >= 4 is 17.5 Å². The topological polar surface area (TPSA) is 42.2 Å². The molecule has 2 atom stereocenters. The average molecular weight is 242 g/mol. The number of aryl methyl sites for hydroxylation is 1. The third kappa shape index (κ3) is 2.24. The van der Waals surface area contributed by atoms with Crippen molar-refractivity contribution in [3.63, 3.8) is 0 Å². The first-order chi connectivity index (χ1) is 7.72. The first kappa shape index (κ1) is 11.5. The predicted octanol–water partition coefficient (Wildman–Crippen LogP) is 2.65. The van der Waals surface area contributed by atoms with Crippen LogP contribution in [0.1, 0.15) is 37.1 Å². The number of halogens is 1. The number of rotatable bonds is 3. The molecule has 0 saturated carbocycles. The molecule has 4 heteroatoms. The Labute approximate surface area is 100 Å². The standard InChI is InChI=1S/C12H16ClNO2/c1-8(7-13)12(15)14-10-3-2-4-11-9(10)5-6-16-11/h5-6,8,10H,2-4,7H2,1H3,(H,14,15). The summed E-state index contributed by atoms with van der Waals surface area (Å²) in [4.78, 5) is 11.7. The van der Waals surface area contributed by atoms with Crippen molar-refractivity contribution < 1.29 is 9.21 Å². The smallest absolute Gasteiger partial charge is 0.224 e. The van der Waals surface area contributed by atoms with Gasteiger partial charge in [-0.2, -0.15) is 0 Å². The number of hydrogen-bond donors (Lipinski definition) is 1. The third-order valence-electron chi connectivity index (χ3n) is 3.05. The van der Waals surface area contributed by atoms with Gasteiger partial charge in [0, 0.05) is 23.8 Å². The van der Waals surface area contributed by atoms with Gasteiger partial charge in [0.25, 0.3) is 0 Å². The Morgan fingerprint density at radius 2 is 2.56 bits per heavy atom. The summed E-state index contributed by atoms with van der Waals surface area (Å²) in [7, 11) is 0. The molecule has 0 fully saturated rings. The molecule has 16 heavy (non-hydrogen) atoms. The zero-order valence-electron chi connectivity index (χ0n) is 9.33. The molecule has 1 aliphatic rings. The number of hydrogen-bond acceptors (Lipinski definition) is 2. The van der Waals surface area contributed by atoms with Crippen LogP contribution in [0.5, 0.6) is 0 Å². The zero-order valence-corrected chi connectivity index (χ0v) is 10.1. The summed E-state index contributed by atoms with van der Waals surface area (Å²) >= 11 is 5.66. The molecule has 0 aliphatic heterocycles. The van der Waals surface area contributed by atoms with E-state index in [1.54, 1.807) is 6.26 Å². The van der Waals surface area contributed by atoms with Crippen LogP contribution in [0.3, 0.4) is 0 Å². The fourth-order valence-corrected chi connectivity index (χ4v) is 2.16. The highest BCUT2D eigenvalue weighted by Gasteiger charge is 2.25. The number of carbonyl (C=O) groups is 1. The minimum atomic E-state index is -0.140. The molecule has 1 aromatic rings. The lowest BCUT2D eigenvalue weighted by molar-refractivity contribution is -0.124. The van der Waals surface area contributed by atoms with Crippen molar-refractivity contribution in [2.45, 2.75) is 32.2 Å². The molecule has 1 N–H and O–H groups in total. The van der Waals surface area contributed by atoms with Crippen LogP contribution >= 0.6 is 11.6 Å². The van der Waals surface area contributed by atoms with Crippen LogP contribution in [0.4, 0.5) is 0 Å². The number of fused-ring (bicyclic) bond motifs is 1. The van der Waals surface area contributed by atoms with Crippen molar-refractivity contribution in [3.05, 3.63) is 23.7 Å². The summed E-state index contributed by atoms with van der Waals surface area (Å²) in [6.07, 6.45) is 4.70. The molecule has 0 saturated heterocycles. The lowest BCUT2D eigenvalue weighted by atomic mass is 9.93. The van der Waals surface area contributed by atoms with Gasteiger partial charge in [-0.05, 0) is 18.9 Å². The zero-order chi connectivity index (χ0) is 11.5. The van der Waals surface area contributed by atoms with Gasteiger partial charge in [-0.25, -0.2) is 0 Å². The Morgan fingerprint density at radius 3 is 3.31 bits per heavy atom. The summed E-state index contributed by atoms with van der Waals surface area (Å²) < 4.78 is 5.38. The second-order valence-electron chi connectivity index (χ2n) is 4.31. The molecule has 0 radical (unpaired) electrons. The predicted molar refractivity (Wildman–Crippen MR) is 62.4 cm³/mol. The minimum Gasteiger partial charge on any atom is -0.469 e. The van der Waals surface area contributed by atoms with Crippen molar-refractivity contribution in [1.29, 1.82) is 0 Å². The highest BCUT2D eigenvalue weighted by atomic mass is 35.5.